The molecule has 4 rings (SSSR count). The van der Waals surface area contributed by atoms with E-state index in [1.807, 2.05) is 12.1 Å². The number of anilines is 2. The van der Waals surface area contributed by atoms with Crippen LogP contribution in [0.1, 0.15) is 51.5 Å². The smallest absolute Gasteiger partial charge is 0.229 e. The molecule has 6 nitrogen and oxygen atoms in total. The molecule has 0 radical (unpaired) electrons. The summed E-state index contributed by atoms with van der Waals surface area (Å²) in [7, 11) is 0. The van der Waals surface area contributed by atoms with E-state index in [0.29, 0.717) is 12.5 Å². The molecule has 1 amide bonds. The van der Waals surface area contributed by atoms with Gasteiger partial charge in [0.1, 0.15) is 0 Å². The Labute approximate surface area is 179 Å². The number of hydrogen-bond acceptors (Lipinski definition) is 5. The topological polar surface area (TPSA) is 61.4 Å². The number of carbonyl (C=O) groups excluding carboxylic acids is 1. The Morgan fingerprint density at radius 3 is 2.40 bits per heavy atom. The highest BCUT2D eigenvalue weighted by atomic mass is 16.1. The summed E-state index contributed by atoms with van der Waals surface area (Å²) < 4.78 is 0. The van der Waals surface area contributed by atoms with Crippen LogP contribution in [-0.2, 0) is 4.79 Å². The summed E-state index contributed by atoms with van der Waals surface area (Å²) in [5.41, 5.74) is 2.52. The van der Waals surface area contributed by atoms with Crippen LogP contribution < -0.4 is 10.2 Å². The third kappa shape index (κ3) is 4.81. The number of nitrogens with one attached hydrogen (secondary N) is 1. The van der Waals surface area contributed by atoms with Crippen molar-refractivity contribution >= 4 is 17.4 Å². The molecule has 6 heteroatoms. The molecule has 1 N–H and O–H groups in total. The van der Waals surface area contributed by atoms with Crippen molar-refractivity contribution in [2.45, 2.75) is 51.5 Å². The number of aromatic nitrogens is 2. The van der Waals surface area contributed by atoms with E-state index in [1.54, 1.807) is 6.20 Å². The Morgan fingerprint density at radius 1 is 1.03 bits per heavy atom. The van der Waals surface area contributed by atoms with Crippen LogP contribution in [0.25, 0.3) is 0 Å². The zero-order valence-electron chi connectivity index (χ0n) is 18.3. The SMILES string of the molecule is CC(C)(C)N1CCC(c2ccc(NC(=O)[C@@H]3CCN(c4cccnn4)C3)cc2)CC1. The standard InChI is InChI=1S/C24H33N5O/c1-24(2,3)29-15-11-19(12-16-29)18-6-8-21(9-7-18)26-23(30)20-10-14-28(17-20)22-5-4-13-25-27-22/h4-9,13,19-20H,10-12,14-17H2,1-3H3,(H,26,30)/t20-/m1/s1. The van der Waals surface area contributed by atoms with E-state index in [1.165, 1.54) is 18.4 Å². The Kier molecular flexibility index (Phi) is 6.04. The molecular formula is C24H33N5O. The highest BCUT2D eigenvalue weighted by molar-refractivity contribution is 5.93. The summed E-state index contributed by atoms with van der Waals surface area (Å²) >= 11 is 0. The molecule has 2 aliphatic heterocycles. The van der Waals surface area contributed by atoms with E-state index in [4.69, 9.17) is 0 Å². The molecule has 2 aliphatic rings. The summed E-state index contributed by atoms with van der Waals surface area (Å²) in [6.07, 6.45) is 4.90. The molecule has 30 heavy (non-hydrogen) atoms. The fraction of sp³-hybridized carbons (Fsp3) is 0.542. The quantitative estimate of drug-likeness (QED) is 0.832. The molecule has 0 saturated carbocycles. The van der Waals surface area contributed by atoms with E-state index < -0.39 is 0 Å². The maximum atomic E-state index is 12.7. The Morgan fingerprint density at radius 2 is 1.77 bits per heavy atom. The largest absolute Gasteiger partial charge is 0.354 e. The van der Waals surface area contributed by atoms with Gasteiger partial charge in [0.2, 0.25) is 5.91 Å². The highest BCUT2D eigenvalue weighted by Gasteiger charge is 2.30. The zero-order valence-corrected chi connectivity index (χ0v) is 18.3. The molecule has 1 aromatic heterocycles. The maximum absolute atomic E-state index is 12.7. The van der Waals surface area contributed by atoms with Crippen molar-refractivity contribution in [3.8, 4) is 0 Å². The molecule has 0 bridgehead atoms. The van der Waals surface area contributed by atoms with Crippen LogP contribution in [0.2, 0.25) is 0 Å². The van der Waals surface area contributed by atoms with Crippen LogP contribution in [-0.4, -0.2) is 52.7 Å². The molecule has 2 aromatic rings. The predicted octanol–water partition coefficient (Wildman–Crippen LogP) is 3.92. The average molecular weight is 408 g/mol. The predicted molar refractivity (Wildman–Crippen MR) is 121 cm³/mol. The van der Waals surface area contributed by atoms with Gasteiger partial charge in [-0.05, 0) is 88.9 Å². The van der Waals surface area contributed by atoms with Gasteiger partial charge in [-0.2, -0.15) is 5.10 Å². The van der Waals surface area contributed by atoms with Gasteiger partial charge in [-0.1, -0.05) is 12.1 Å². The maximum Gasteiger partial charge on any atom is 0.229 e. The van der Waals surface area contributed by atoms with Crippen molar-refractivity contribution in [1.29, 1.82) is 0 Å². The first kappa shape index (κ1) is 20.8. The van der Waals surface area contributed by atoms with Crippen molar-refractivity contribution in [2.75, 3.05) is 36.4 Å². The van der Waals surface area contributed by atoms with Crippen molar-refractivity contribution in [2.24, 2.45) is 5.92 Å². The molecular weight excluding hydrogens is 374 g/mol. The number of amides is 1. The summed E-state index contributed by atoms with van der Waals surface area (Å²) in [6, 6.07) is 12.3. The molecule has 3 heterocycles. The lowest BCUT2D eigenvalue weighted by Crippen LogP contribution is -2.45. The summed E-state index contributed by atoms with van der Waals surface area (Å²) in [4.78, 5) is 17.4. The van der Waals surface area contributed by atoms with Crippen LogP contribution in [0.3, 0.4) is 0 Å². The van der Waals surface area contributed by atoms with Gasteiger partial charge >= 0.3 is 0 Å². The number of benzene rings is 1. The van der Waals surface area contributed by atoms with Gasteiger partial charge in [0.15, 0.2) is 5.82 Å². The first-order chi connectivity index (χ1) is 14.4. The normalized spacial score (nSPS) is 21.0. The molecule has 160 valence electrons. The molecule has 0 spiro atoms. The van der Waals surface area contributed by atoms with Crippen LogP contribution in [0.5, 0.6) is 0 Å². The third-order valence-corrected chi connectivity index (χ3v) is 6.53. The average Bonchev–Trinajstić information content (AvgIpc) is 3.25. The second-order valence-corrected chi connectivity index (χ2v) is 9.56. The van der Waals surface area contributed by atoms with Gasteiger partial charge in [0.25, 0.3) is 0 Å². The van der Waals surface area contributed by atoms with Gasteiger partial charge in [-0.15, -0.1) is 5.10 Å². The lowest BCUT2D eigenvalue weighted by Gasteiger charge is -2.41. The van der Waals surface area contributed by atoms with E-state index >= 15 is 0 Å². The van der Waals surface area contributed by atoms with Crippen LogP contribution in [0.15, 0.2) is 42.6 Å². The summed E-state index contributed by atoms with van der Waals surface area (Å²) in [6.45, 7) is 10.7. The molecule has 2 fully saturated rings. The number of nitrogens with zero attached hydrogens (tertiary/aromatic N) is 4. The number of piperidine rings is 1. The van der Waals surface area contributed by atoms with Crippen molar-refractivity contribution in [3.05, 3.63) is 48.2 Å². The number of likely N-dealkylation sites (tertiary alicyclic amines) is 1. The van der Waals surface area contributed by atoms with Crippen LogP contribution >= 0.6 is 0 Å². The number of rotatable bonds is 4. The fourth-order valence-corrected chi connectivity index (χ4v) is 4.61. The van der Waals surface area contributed by atoms with E-state index in [9.17, 15) is 4.79 Å². The Balaban J connectivity index is 1.29. The summed E-state index contributed by atoms with van der Waals surface area (Å²) in [5.74, 6) is 1.53. The Bertz CT molecular complexity index is 838. The fourth-order valence-electron chi connectivity index (χ4n) is 4.61. The molecule has 1 atom stereocenters. The minimum absolute atomic E-state index is 0.0200. The third-order valence-electron chi connectivity index (χ3n) is 6.53. The minimum atomic E-state index is -0.0200. The second kappa shape index (κ2) is 8.72. The monoisotopic (exact) mass is 407 g/mol. The van der Waals surface area contributed by atoms with Crippen molar-refractivity contribution < 1.29 is 4.79 Å². The van der Waals surface area contributed by atoms with E-state index in [-0.39, 0.29) is 17.4 Å². The second-order valence-electron chi connectivity index (χ2n) is 9.56. The highest BCUT2D eigenvalue weighted by Crippen LogP contribution is 2.31. The van der Waals surface area contributed by atoms with Gasteiger partial charge in [-0.3, -0.25) is 9.69 Å². The van der Waals surface area contributed by atoms with Crippen LogP contribution in [0.4, 0.5) is 11.5 Å². The Hall–Kier alpha value is -2.47. The lowest BCUT2D eigenvalue weighted by atomic mass is 9.87. The molecule has 0 unspecified atom stereocenters. The molecule has 1 aromatic carbocycles. The van der Waals surface area contributed by atoms with Gasteiger partial charge in [-0.25, -0.2) is 0 Å². The first-order valence-corrected chi connectivity index (χ1v) is 11.1. The van der Waals surface area contributed by atoms with Gasteiger partial charge in [0.05, 0.1) is 5.92 Å². The molecule has 2 saturated heterocycles. The lowest BCUT2D eigenvalue weighted by molar-refractivity contribution is -0.119. The van der Waals surface area contributed by atoms with Gasteiger partial charge in [0, 0.05) is 30.5 Å². The van der Waals surface area contributed by atoms with Gasteiger partial charge < -0.3 is 10.2 Å². The van der Waals surface area contributed by atoms with Crippen LogP contribution in [0, 0.1) is 5.92 Å². The summed E-state index contributed by atoms with van der Waals surface area (Å²) in [5, 5.41) is 11.2. The zero-order chi connectivity index (χ0) is 21.1. The number of hydrogen-bond donors (Lipinski definition) is 1. The molecule has 0 aliphatic carbocycles. The van der Waals surface area contributed by atoms with E-state index in [0.717, 1.165) is 37.6 Å². The number of carbonyl (C=O) groups is 1. The van der Waals surface area contributed by atoms with Crippen molar-refractivity contribution in [3.63, 3.8) is 0 Å². The van der Waals surface area contributed by atoms with Crippen molar-refractivity contribution in [1.82, 2.24) is 15.1 Å². The van der Waals surface area contributed by atoms with E-state index in [2.05, 4.69) is 70.4 Å². The first-order valence-electron chi connectivity index (χ1n) is 11.1. The minimum Gasteiger partial charge on any atom is -0.354 e.